The van der Waals surface area contributed by atoms with Crippen LogP contribution in [0, 0.1) is 5.95 Å². The van der Waals surface area contributed by atoms with Crippen molar-refractivity contribution < 1.29 is 17.6 Å². The van der Waals surface area contributed by atoms with E-state index in [2.05, 4.69) is 20.3 Å². The molecule has 0 aliphatic carbocycles. The highest BCUT2D eigenvalue weighted by Crippen LogP contribution is 2.31. The van der Waals surface area contributed by atoms with Crippen molar-refractivity contribution in [3.05, 3.63) is 72.2 Å². The lowest BCUT2D eigenvalue weighted by atomic mass is 10.1. The summed E-state index contributed by atoms with van der Waals surface area (Å²) < 4.78 is 51.1. The van der Waals surface area contributed by atoms with Gasteiger partial charge in [0.25, 0.3) is 0 Å². The van der Waals surface area contributed by atoms with Crippen LogP contribution >= 0.6 is 11.3 Å². The Balaban J connectivity index is 1.37. The largest absolute Gasteiger partial charge is 0.433 e. The van der Waals surface area contributed by atoms with Crippen molar-refractivity contribution in [2.24, 2.45) is 5.73 Å². The SMILES string of the molecule is N[C@@H](CNc1ncc(-c2ccc3cnc(F)cc3c2)s1)Cc1ccc(C(F)(F)F)nc1. The lowest BCUT2D eigenvalue weighted by Gasteiger charge is -2.12. The Kier molecular flexibility index (Phi) is 5.84. The monoisotopic (exact) mass is 447 g/mol. The predicted octanol–water partition coefficient (Wildman–Crippen LogP) is 4.89. The van der Waals surface area contributed by atoms with E-state index in [9.17, 15) is 17.6 Å². The average Bonchev–Trinajstić information content (AvgIpc) is 3.20. The first-order valence-corrected chi connectivity index (χ1v) is 10.1. The summed E-state index contributed by atoms with van der Waals surface area (Å²) in [5, 5.41) is 5.41. The van der Waals surface area contributed by atoms with Gasteiger partial charge in [0.15, 0.2) is 5.13 Å². The van der Waals surface area contributed by atoms with E-state index in [1.807, 2.05) is 18.2 Å². The van der Waals surface area contributed by atoms with Crippen LogP contribution in [0.25, 0.3) is 21.2 Å². The molecule has 0 spiro atoms. The molecule has 0 amide bonds. The van der Waals surface area contributed by atoms with Gasteiger partial charge in [-0.2, -0.15) is 17.6 Å². The zero-order chi connectivity index (χ0) is 22.0. The van der Waals surface area contributed by atoms with Crippen LogP contribution < -0.4 is 11.1 Å². The number of aromatic nitrogens is 3. The maximum atomic E-state index is 13.4. The number of nitrogens with one attached hydrogen (secondary N) is 1. The Morgan fingerprint density at radius 1 is 0.968 bits per heavy atom. The molecule has 160 valence electrons. The van der Waals surface area contributed by atoms with Crippen LogP contribution in [0.3, 0.4) is 0 Å². The summed E-state index contributed by atoms with van der Waals surface area (Å²) in [6, 6.07) is 9.06. The van der Waals surface area contributed by atoms with Gasteiger partial charge in [0.1, 0.15) is 5.69 Å². The van der Waals surface area contributed by atoms with E-state index >= 15 is 0 Å². The van der Waals surface area contributed by atoms with Gasteiger partial charge in [0, 0.05) is 42.6 Å². The number of halogens is 4. The Hall–Kier alpha value is -3.11. The van der Waals surface area contributed by atoms with Crippen molar-refractivity contribution in [2.75, 3.05) is 11.9 Å². The number of hydrogen-bond donors (Lipinski definition) is 2. The molecule has 3 N–H and O–H groups in total. The number of anilines is 1. The predicted molar refractivity (Wildman–Crippen MR) is 112 cm³/mol. The number of rotatable bonds is 6. The summed E-state index contributed by atoms with van der Waals surface area (Å²) in [6.07, 6.45) is 0.322. The van der Waals surface area contributed by atoms with Gasteiger partial charge in [0.2, 0.25) is 5.95 Å². The fourth-order valence-electron chi connectivity index (χ4n) is 3.06. The molecule has 0 bridgehead atoms. The number of fused-ring (bicyclic) bond motifs is 1. The van der Waals surface area contributed by atoms with Crippen LogP contribution in [0.15, 0.2) is 55.0 Å². The molecule has 31 heavy (non-hydrogen) atoms. The van der Waals surface area contributed by atoms with E-state index < -0.39 is 17.8 Å². The van der Waals surface area contributed by atoms with Gasteiger partial charge in [-0.3, -0.25) is 4.98 Å². The standard InChI is InChI=1S/C21H17F4N5S/c22-19-7-15-6-13(2-3-14(15)9-28-19)17-11-30-20(31-17)29-10-16(26)5-12-1-4-18(27-8-12)21(23,24)25/h1-4,6-9,11,16H,5,10,26H2,(H,29,30)/t16-/m1/s1. The first kappa shape index (κ1) is 21.1. The van der Waals surface area contributed by atoms with Gasteiger partial charge in [-0.1, -0.05) is 29.5 Å². The molecule has 1 aromatic carbocycles. The van der Waals surface area contributed by atoms with E-state index in [1.54, 1.807) is 6.20 Å². The summed E-state index contributed by atoms with van der Waals surface area (Å²) in [5.74, 6) is -0.534. The van der Waals surface area contributed by atoms with Crippen molar-refractivity contribution in [3.63, 3.8) is 0 Å². The van der Waals surface area contributed by atoms with Crippen molar-refractivity contribution >= 4 is 27.2 Å². The number of nitrogens with two attached hydrogens (primary N) is 1. The molecule has 0 saturated heterocycles. The Labute approximate surface area is 179 Å². The number of benzene rings is 1. The number of nitrogens with zero attached hydrogens (tertiary/aromatic N) is 3. The first-order valence-electron chi connectivity index (χ1n) is 9.31. The maximum Gasteiger partial charge on any atom is 0.433 e. The Morgan fingerprint density at radius 3 is 2.55 bits per heavy atom. The number of alkyl halides is 3. The smallest absolute Gasteiger partial charge is 0.360 e. The molecule has 3 heterocycles. The van der Waals surface area contributed by atoms with Crippen LogP contribution in [-0.2, 0) is 12.6 Å². The third-order valence-corrected chi connectivity index (χ3v) is 5.61. The van der Waals surface area contributed by atoms with Gasteiger partial charge < -0.3 is 11.1 Å². The third-order valence-electron chi connectivity index (χ3n) is 4.61. The molecule has 0 radical (unpaired) electrons. The topological polar surface area (TPSA) is 76.7 Å². The van der Waals surface area contributed by atoms with Crippen LogP contribution in [0.5, 0.6) is 0 Å². The number of pyridine rings is 2. The summed E-state index contributed by atoms with van der Waals surface area (Å²) in [4.78, 5) is 12.3. The highest BCUT2D eigenvalue weighted by molar-refractivity contribution is 7.18. The summed E-state index contributed by atoms with van der Waals surface area (Å²) in [5.41, 5.74) is 6.70. The third kappa shape index (κ3) is 5.15. The van der Waals surface area contributed by atoms with Crippen LogP contribution in [0.2, 0.25) is 0 Å². The van der Waals surface area contributed by atoms with Gasteiger partial charge in [0.05, 0.1) is 4.88 Å². The second kappa shape index (κ2) is 8.56. The molecule has 4 rings (SSSR count). The number of hydrogen-bond acceptors (Lipinski definition) is 6. The molecule has 1 atom stereocenters. The van der Waals surface area contributed by atoms with Gasteiger partial charge in [-0.25, -0.2) is 9.97 Å². The van der Waals surface area contributed by atoms with E-state index in [0.717, 1.165) is 27.3 Å². The van der Waals surface area contributed by atoms with Crippen molar-refractivity contribution in [3.8, 4) is 10.4 Å². The zero-order valence-electron chi connectivity index (χ0n) is 16.0. The van der Waals surface area contributed by atoms with Gasteiger partial charge >= 0.3 is 6.18 Å². The van der Waals surface area contributed by atoms with E-state index in [-0.39, 0.29) is 6.04 Å². The first-order chi connectivity index (χ1) is 14.8. The van der Waals surface area contributed by atoms with Crippen LogP contribution in [-0.4, -0.2) is 27.5 Å². The summed E-state index contributed by atoms with van der Waals surface area (Å²) in [7, 11) is 0. The van der Waals surface area contributed by atoms with Crippen LogP contribution in [0.1, 0.15) is 11.3 Å². The lowest BCUT2D eigenvalue weighted by Crippen LogP contribution is -2.31. The minimum atomic E-state index is -4.46. The van der Waals surface area contributed by atoms with E-state index in [4.69, 9.17) is 5.73 Å². The second-order valence-electron chi connectivity index (χ2n) is 6.99. The molecule has 0 saturated carbocycles. The van der Waals surface area contributed by atoms with Crippen LogP contribution in [0.4, 0.5) is 22.7 Å². The molecule has 4 aromatic rings. The summed E-state index contributed by atoms with van der Waals surface area (Å²) in [6.45, 7) is 0.391. The Bertz CT molecular complexity index is 1190. The quantitative estimate of drug-likeness (QED) is 0.325. The minimum absolute atomic E-state index is 0.331. The fourth-order valence-corrected chi connectivity index (χ4v) is 3.88. The molecule has 5 nitrogen and oxygen atoms in total. The van der Waals surface area contributed by atoms with Crippen molar-refractivity contribution in [1.82, 2.24) is 15.0 Å². The maximum absolute atomic E-state index is 13.4. The normalized spacial score (nSPS) is 12.8. The van der Waals surface area contributed by atoms with Gasteiger partial charge in [-0.15, -0.1) is 0 Å². The molecule has 10 heteroatoms. The fraction of sp³-hybridized carbons (Fsp3) is 0.190. The zero-order valence-corrected chi connectivity index (χ0v) is 16.8. The lowest BCUT2D eigenvalue weighted by molar-refractivity contribution is -0.141. The van der Waals surface area contributed by atoms with Crippen molar-refractivity contribution in [2.45, 2.75) is 18.6 Å². The molecular formula is C21H17F4N5S. The number of thiazole rings is 1. The molecule has 0 unspecified atom stereocenters. The molecule has 3 aromatic heterocycles. The van der Waals surface area contributed by atoms with E-state index in [1.165, 1.54) is 35.9 Å². The Morgan fingerprint density at radius 2 is 1.81 bits per heavy atom. The molecule has 0 fully saturated rings. The molecule has 0 aliphatic heterocycles. The van der Waals surface area contributed by atoms with Gasteiger partial charge in [-0.05, 0) is 35.1 Å². The molecular weight excluding hydrogens is 430 g/mol. The van der Waals surface area contributed by atoms with Crippen molar-refractivity contribution in [1.29, 1.82) is 0 Å². The highest BCUT2D eigenvalue weighted by Gasteiger charge is 2.32. The second-order valence-corrected chi connectivity index (χ2v) is 8.02. The van der Waals surface area contributed by atoms with E-state index in [0.29, 0.717) is 23.7 Å². The summed E-state index contributed by atoms with van der Waals surface area (Å²) >= 11 is 1.43. The highest BCUT2D eigenvalue weighted by atomic mass is 32.1. The molecule has 0 aliphatic rings. The minimum Gasteiger partial charge on any atom is -0.360 e. The average molecular weight is 447 g/mol.